The lowest BCUT2D eigenvalue weighted by Crippen LogP contribution is -2.05. The number of rotatable bonds is 4. The van der Waals surface area contributed by atoms with E-state index in [9.17, 15) is 39.9 Å². The fraction of sp³-hybridized carbons (Fsp3) is 0.0667. The van der Waals surface area contributed by atoms with Crippen LogP contribution in [0.1, 0.15) is 26.3 Å². The van der Waals surface area contributed by atoms with E-state index in [2.05, 4.69) is 4.74 Å². The molecule has 0 saturated carbocycles. The van der Waals surface area contributed by atoms with Gasteiger partial charge in [-0.2, -0.15) is 0 Å². The summed E-state index contributed by atoms with van der Waals surface area (Å²) in [6.07, 6.45) is 0. The molecule has 0 fully saturated rings. The Labute approximate surface area is 148 Å². The molecule has 0 unspecified atom stereocenters. The Hall–Kier alpha value is -4.22. The summed E-state index contributed by atoms with van der Waals surface area (Å²) in [4.78, 5) is 55.5. The Morgan fingerprint density at radius 2 is 1.37 bits per heavy atom. The smallest absolute Gasteiger partial charge is 0.338 e. The first-order chi connectivity index (χ1) is 12.7. The minimum atomic E-state index is -0.966. The van der Waals surface area contributed by atoms with Crippen molar-refractivity contribution in [3.8, 4) is 11.1 Å². The number of nitro groups is 3. The van der Waals surface area contributed by atoms with E-state index in [1.807, 2.05) is 0 Å². The highest BCUT2D eigenvalue weighted by Crippen LogP contribution is 2.48. The van der Waals surface area contributed by atoms with Crippen molar-refractivity contribution in [1.29, 1.82) is 0 Å². The summed E-state index contributed by atoms with van der Waals surface area (Å²) < 4.78 is 4.49. The van der Waals surface area contributed by atoms with Crippen molar-refractivity contribution in [3.63, 3.8) is 0 Å². The topological polar surface area (TPSA) is 173 Å². The monoisotopic (exact) mass is 373 g/mol. The number of ketones is 1. The van der Waals surface area contributed by atoms with Crippen molar-refractivity contribution in [2.24, 2.45) is 0 Å². The van der Waals surface area contributed by atoms with Crippen LogP contribution in [0.4, 0.5) is 17.1 Å². The van der Waals surface area contributed by atoms with E-state index in [4.69, 9.17) is 0 Å². The Kier molecular flexibility index (Phi) is 3.87. The average Bonchev–Trinajstić information content (AvgIpc) is 2.91. The summed E-state index contributed by atoms with van der Waals surface area (Å²) in [7, 11) is 1.03. The molecule has 0 bridgehead atoms. The minimum absolute atomic E-state index is 0.304. The molecule has 0 aromatic heterocycles. The van der Waals surface area contributed by atoms with E-state index >= 15 is 0 Å². The third kappa shape index (κ3) is 2.55. The Morgan fingerprint density at radius 1 is 0.852 bits per heavy atom. The fourth-order valence-electron chi connectivity index (χ4n) is 2.90. The van der Waals surface area contributed by atoms with Crippen LogP contribution in [-0.4, -0.2) is 33.6 Å². The molecule has 0 aliphatic heterocycles. The van der Waals surface area contributed by atoms with Crippen LogP contribution in [0, 0.1) is 30.3 Å². The number of esters is 1. The van der Waals surface area contributed by atoms with Crippen LogP contribution in [0.15, 0.2) is 24.3 Å². The molecular weight excluding hydrogens is 366 g/mol. The second-order valence-corrected chi connectivity index (χ2v) is 5.40. The number of carbonyl (C=O) groups is 2. The molecule has 2 aromatic carbocycles. The van der Waals surface area contributed by atoms with Crippen LogP contribution in [0.2, 0.25) is 0 Å². The number of nitrogens with zero attached hydrogens (tertiary/aromatic N) is 3. The highest BCUT2D eigenvalue weighted by Gasteiger charge is 2.41. The lowest BCUT2D eigenvalue weighted by atomic mass is 9.99. The van der Waals surface area contributed by atoms with Gasteiger partial charge in [0.15, 0.2) is 5.78 Å². The molecule has 2 aromatic rings. The molecule has 27 heavy (non-hydrogen) atoms. The second-order valence-electron chi connectivity index (χ2n) is 5.40. The summed E-state index contributed by atoms with van der Waals surface area (Å²) in [5, 5.41) is 33.9. The van der Waals surface area contributed by atoms with E-state index < -0.39 is 54.7 Å². The number of benzene rings is 2. The molecule has 1 aliphatic rings. The van der Waals surface area contributed by atoms with Crippen molar-refractivity contribution >= 4 is 28.8 Å². The largest absolute Gasteiger partial charge is 0.465 e. The van der Waals surface area contributed by atoms with Gasteiger partial charge in [0, 0.05) is 23.3 Å². The Morgan fingerprint density at radius 3 is 1.85 bits per heavy atom. The number of carbonyl (C=O) groups excluding carboxylic acids is 2. The van der Waals surface area contributed by atoms with E-state index in [0.717, 1.165) is 25.3 Å². The van der Waals surface area contributed by atoms with Crippen molar-refractivity contribution in [2.75, 3.05) is 7.11 Å². The van der Waals surface area contributed by atoms with E-state index in [-0.39, 0.29) is 16.7 Å². The van der Waals surface area contributed by atoms with Gasteiger partial charge >= 0.3 is 5.97 Å². The van der Waals surface area contributed by atoms with Crippen LogP contribution < -0.4 is 0 Å². The van der Waals surface area contributed by atoms with Gasteiger partial charge in [0.1, 0.15) is 0 Å². The normalized spacial score (nSPS) is 11.5. The number of nitro benzene ring substituents is 3. The number of fused-ring (bicyclic) bond motifs is 3. The first-order valence-electron chi connectivity index (χ1n) is 7.10. The molecule has 0 saturated heterocycles. The Bertz CT molecular complexity index is 1090. The molecule has 0 atom stereocenters. The van der Waals surface area contributed by atoms with Crippen molar-refractivity contribution in [2.45, 2.75) is 0 Å². The van der Waals surface area contributed by atoms with Gasteiger partial charge in [0.25, 0.3) is 17.1 Å². The zero-order valence-electron chi connectivity index (χ0n) is 13.3. The van der Waals surface area contributed by atoms with E-state index in [0.29, 0.717) is 6.07 Å². The average molecular weight is 373 g/mol. The number of non-ortho nitro benzene ring substituents is 1. The van der Waals surface area contributed by atoms with Crippen LogP contribution in [0.25, 0.3) is 11.1 Å². The maximum atomic E-state index is 12.7. The molecule has 0 radical (unpaired) electrons. The number of ether oxygens (including phenoxy) is 1. The molecule has 0 heterocycles. The third-order valence-corrected chi connectivity index (χ3v) is 3.98. The Balaban J connectivity index is 2.45. The van der Waals surface area contributed by atoms with Crippen LogP contribution in [0.5, 0.6) is 0 Å². The van der Waals surface area contributed by atoms with Crippen molar-refractivity contribution in [1.82, 2.24) is 0 Å². The van der Waals surface area contributed by atoms with Gasteiger partial charge in [-0.1, -0.05) is 0 Å². The van der Waals surface area contributed by atoms with Gasteiger partial charge < -0.3 is 4.74 Å². The van der Waals surface area contributed by atoms with Gasteiger partial charge in [-0.05, 0) is 6.07 Å². The SMILES string of the molecule is COC(=O)c1cc2c(c([N+](=O)[O-])c1)-c1c(cc([N+](=O)[O-])cc1[N+](=O)[O-])C2=O. The minimum Gasteiger partial charge on any atom is -0.465 e. The zero-order chi connectivity index (χ0) is 20.0. The molecule has 0 N–H and O–H groups in total. The standard InChI is InChI=1S/C15H7N3O9/c1-27-15(20)6-2-8-12(10(3-6)17(23)24)13-9(14(8)19)4-7(16(21)22)5-11(13)18(25)26/h2-5H,1H3. The van der Waals surface area contributed by atoms with Gasteiger partial charge in [-0.3, -0.25) is 35.1 Å². The predicted octanol–water partition coefficient (Wildman–Crippen LogP) is 2.41. The van der Waals surface area contributed by atoms with Crippen molar-refractivity contribution in [3.05, 3.63) is 71.3 Å². The summed E-state index contributed by atoms with van der Waals surface area (Å²) in [5.41, 5.74) is -4.09. The van der Waals surface area contributed by atoms with E-state index in [1.54, 1.807) is 0 Å². The number of methoxy groups -OCH3 is 1. The summed E-state index contributed by atoms with van der Waals surface area (Å²) in [6.45, 7) is 0. The van der Waals surface area contributed by atoms with Gasteiger partial charge in [-0.15, -0.1) is 0 Å². The summed E-state index contributed by atoms with van der Waals surface area (Å²) in [5.74, 6) is -1.86. The lowest BCUT2D eigenvalue weighted by molar-refractivity contribution is -0.394. The fourth-order valence-corrected chi connectivity index (χ4v) is 2.90. The molecule has 12 nitrogen and oxygen atoms in total. The van der Waals surface area contributed by atoms with Gasteiger partial charge in [0.2, 0.25) is 0 Å². The van der Waals surface area contributed by atoms with E-state index in [1.165, 1.54) is 0 Å². The maximum Gasteiger partial charge on any atom is 0.338 e. The number of hydrogen-bond donors (Lipinski definition) is 0. The lowest BCUT2D eigenvalue weighted by Gasteiger charge is -2.05. The van der Waals surface area contributed by atoms with Crippen molar-refractivity contribution < 1.29 is 29.1 Å². The molecule has 0 spiro atoms. The van der Waals surface area contributed by atoms with Crippen LogP contribution in [0.3, 0.4) is 0 Å². The molecule has 136 valence electrons. The summed E-state index contributed by atoms with van der Waals surface area (Å²) in [6, 6.07) is 3.27. The van der Waals surface area contributed by atoms with Crippen LogP contribution in [-0.2, 0) is 4.74 Å². The molecule has 12 heteroatoms. The highest BCUT2D eigenvalue weighted by atomic mass is 16.6. The predicted molar refractivity (Wildman–Crippen MR) is 86.6 cm³/mol. The second kappa shape index (κ2) is 5.94. The first kappa shape index (κ1) is 17.6. The van der Waals surface area contributed by atoms with Gasteiger partial charge in [-0.25, -0.2) is 4.79 Å². The van der Waals surface area contributed by atoms with Gasteiger partial charge in [0.05, 0.1) is 44.6 Å². The third-order valence-electron chi connectivity index (χ3n) is 3.98. The first-order valence-corrected chi connectivity index (χ1v) is 7.10. The molecule has 3 rings (SSSR count). The maximum absolute atomic E-state index is 12.7. The van der Waals surface area contributed by atoms with Crippen LogP contribution >= 0.6 is 0 Å². The number of hydrogen-bond acceptors (Lipinski definition) is 9. The summed E-state index contributed by atoms with van der Waals surface area (Å²) >= 11 is 0. The highest BCUT2D eigenvalue weighted by molar-refractivity contribution is 6.25. The molecule has 0 amide bonds. The quantitative estimate of drug-likeness (QED) is 0.378. The molecule has 1 aliphatic carbocycles. The zero-order valence-corrected chi connectivity index (χ0v) is 13.3. The molecular formula is C15H7N3O9.